The Morgan fingerprint density at radius 2 is 0.762 bits per heavy atom. The standard InChI is InChI=1S/C6H2F13NS/c7-1(8,3(11,12)5(15,16)17)2(9,10)4(13,14)6(18,19)21-20/h20H2. The largest absolute Gasteiger partial charge is 0.460 e. The molecule has 0 rings (SSSR count). The van der Waals surface area contributed by atoms with E-state index >= 15 is 0 Å². The number of hydrogen-bond acceptors (Lipinski definition) is 2. The van der Waals surface area contributed by atoms with Gasteiger partial charge in [0.15, 0.2) is 0 Å². The first-order chi connectivity index (χ1) is 8.81. The van der Waals surface area contributed by atoms with Crippen molar-refractivity contribution in [3.05, 3.63) is 0 Å². The normalized spacial score (nSPS) is 16.3. The summed E-state index contributed by atoms with van der Waals surface area (Å²) in [6.45, 7) is 0. The van der Waals surface area contributed by atoms with Crippen LogP contribution in [0.3, 0.4) is 0 Å². The van der Waals surface area contributed by atoms with E-state index in [1.165, 1.54) is 0 Å². The van der Waals surface area contributed by atoms with E-state index in [9.17, 15) is 57.1 Å². The highest BCUT2D eigenvalue weighted by molar-refractivity contribution is 7.98. The van der Waals surface area contributed by atoms with Gasteiger partial charge in [0.2, 0.25) is 0 Å². The van der Waals surface area contributed by atoms with Crippen LogP contribution in [-0.2, 0) is 0 Å². The number of nitrogens with two attached hydrogens (primary N) is 1. The van der Waals surface area contributed by atoms with Gasteiger partial charge in [0.25, 0.3) is 0 Å². The second-order valence-electron chi connectivity index (χ2n) is 3.43. The molecule has 0 aliphatic carbocycles. The molecule has 0 aliphatic rings. The molecule has 0 saturated carbocycles. The van der Waals surface area contributed by atoms with Gasteiger partial charge in [-0.15, -0.1) is 0 Å². The van der Waals surface area contributed by atoms with Gasteiger partial charge in [0.05, 0.1) is 0 Å². The average Bonchev–Trinajstić information content (AvgIpc) is 2.26. The molecule has 0 amide bonds. The second-order valence-corrected chi connectivity index (χ2v) is 4.18. The number of hydrogen-bond donors (Lipinski definition) is 1. The zero-order chi connectivity index (χ0) is 17.7. The first-order valence-electron chi connectivity index (χ1n) is 4.15. The summed E-state index contributed by atoms with van der Waals surface area (Å²) in [5, 5.41) is -2.42. The van der Waals surface area contributed by atoms with Crippen LogP contribution in [0.5, 0.6) is 0 Å². The van der Waals surface area contributed by atoms with Crippen molar-refractivity contribution in [1.29, 1.82) is 0 Å². The molecule has 0 aliphatic heterocycles. The Labute approximate surface area is 110 Å². The molecule has 2 N–H and O–H groups in total. The predicted octanol–water partition coefficient (Wildman–Crippen LogP) is 4.29. The lowest BCUT2D eigenvalue weighted by atomic mass is 9.98. The van der Waals surface area contributed by atoms with Crippen molar-refractivity contribution >= 4 is 11.9 Å². The lowest BCUT2D eigenvalue weighted by molar-refractivity contribution is -0.433. The molecule has 0 spiro atoms. The molecule has 21 heavy (non-hydrogen) atoms. The average molecular weight is 367 g/mol. The van der Waals surface area contributed by atoms with Gasteiger partial charge in [-0.25, -0.2) is 0 Å². The third-order valence-electron chi connectivity index (χ3n) is 2.05. The van der Waals surface area contributed by atoms with Gasteiger partial charge >= 0.3 is 35.1 Å². The van der Waals surface area contributed by atoms with Crippen molar-refractivity contribution in [1.82, 2.24) is 0 Å². The highest BCUT2D eigenvalue weighted by atomic mass is 32.2. The molecular formula is C6H2F13NS. The fourth-order valence-corrected chi connectivity index (χ4v) is 1.11. The maximum absolute atomic E-state index is 12.7. The predicted molar refractivity (Wildman–Crippen MR) is 42.6 cm³/mol. The first-order valence-corrected chi connectivity index (χ1v) is 5.03. The Balaban J connectivity index is 6.14. The topological polar surface area (TPSA) is 26.0 Å². The van der Waals surface area contributed by atoms with Crippen LogP contribution in [0.2, 0.25) is 0 Å². The van der Waals surface area contributed by atoms with Gasteiger partial charge in [-0.1, -0.05) is 0 Å². The fourth-order valence-electron chi connectivity index (χ4n) is 0.829. The fraction of sp³-hybridized carbons (Fsp3) is 1.00. The number of alkyl halides is 13. The minimum Gasteiger partial charge on any atom is -0.273 e. The molecule has 0 radical (unpaired) electrons. The smallest absolute Gasteiger partial charge is 0.273 e. The quantitative estimate of drug-likeness (QED) is 0.580. The van der Waals surface area contributed by atoms with Crippen LogP contribution in [0.1, 0.15) is 0 Å². The van der Waals surface area contributed by atoms with Gasteiger partial charge < -0.3 is 0 Å². The Morgan fingerprint density at radius 1 is 0.476 bits per heavy atom. The van der Waals surface area contributed by atoms with Crippen LogP contribution in [0, 0.1) is 0 Å². The van der Waals surface area contributed by atoms with Crippen LogP contribution in [-0.4, -0.2) is 35.1 Å². The van der Waals surface area contributed by atoms with E-state index in [0.29, 0.717) is 0 Å². The Hall–Kier alpha value is -0.600. The van der Waals surface area contributed by atoms with Crippen molar-refractivity contribution < 1.29 is 57.1 Å². The summed E-state index contributed by atoms with van der Waals surface area (Å²) in [5.74, 6) is -30.7. The van der Waals surface area contributed by atoms with Gasteiger partial charge in [-0.2, -0.15) is 57.1 Å². The summed E-state index contributed by atoms with van der Waals surface area (Å²) in [7, 11) is 0. The summed E-state index contributed by atoms with van der Waals surface area (Å²) < 4.78 is 160. The molecule has 1 nitrogen and oxygen atoms in total. The van der Waals surface area contributed by atoms with Crippen molar-refractivity contribution in [2.45, 2.75) is 35.1 Å². The van der Waals surface area contributed by atoms with Crippen LogP contribution < -0.4 is 5.14 Å². The number of halogens is 13. The molecule has 0 aromatic carbocycles. The minimum absolute atomic E-state index is 1.93. The monoisotopic (exact) mass is 367 g/mol. The van der Waals surface area contributed by atoms with E-state index in [2.05, 4.69) is 5.14 Å². The molecule has 0 aromatic rings. The lowest BCUT2D eigenvalue weighted by Gasteiger charge is -2.38. The molecule has 0 unspecified atom stereocenters. The van der Waals surface area contributed by atoms with E-state index in [4.69, 9.17) is 0 Å². The molecular weight excluding hydrogens is 365 g/mol. The highest BCUT2D eigenvalue weighted by Gasteiger charge is 2.90. The molecule has 0 bridgehead atoms. The van der Waals surface area contributed by atoms with Gasteiger partial charge in [0.1, 0.15) is 0 Å². The Bertz CT molecular complexity index is 385. The van der Waals surface area contributed by atoms with Gasteiger partial charge in [0, 0.05) is 0 Å². The van der Waals surface area contributed by atoms with Crippen molar-refractivity contribution in [2.75, 3.05) is 0 Å². The van der Waals surface area contributed by atoms with Crippen molar-refractivity contribution in [3.8, 4) is 0 Å². The third kappa shape index (κ3) is 2.61. The van der Waals surface area contributed by atoms with E-state index in [0.717, 1.165) is 0 Å². The van der Waals surface area contributed by atoms with Crippen molar-refractivity contribution in [3.63, 3.8) is 0 Å². The molecule has 0 aromatic heterocycles. The second kappa shape index (κ2) is 4.96. The minimum atomic E-state index is -7.87. The van der Waals surface area contributed by atoms with Crippen LogP contribution in [0.15, 0.2) is 0 Å². The molecule has 128 valence electrons. The van der Waals surface area contributed by atoms with Gasteiger partial charge in [-0.3, -0.25) is 5.14 Å². The van der Waals surface area contributed by atoms with E-state index < -0.39 is 47.1 Å². The summed E-state index contributed by atoms with van der Waals surface area (Å²) in [6.07, 6.45) is -7.40. The van der Waals surface area contributed by atoms with E-state index in [1.54, 1.807) is 0 Å². The summed E-state index contributed by atoms with van der Waals surface area (Å²) in [6, 6.07) is 0. The molecule has 15 heteroatoms. The molecule has 0 saturated heterocycles. The SMILES string of the molecule is NSC(F)(F)C(F)(F)C(F)(F)C(F)(F)C(F)(F)C(F)(F)F. The highest BCUT2D eigenvalue weighted by Crippen LogP contribution is 2.61. The number of rotatable bonds is 5. The first kappa shape index (κ1) is 20.4. The zero-order valence-electron chi connectivity index (χ0n) is 8.90. The zero-order valence-corrected chi connectivity index (χ0v) is 9.72. The van der Waals surface area contributed by atoms with E-state index in [-0.39, 0.29) is 0 Å². The maximum Gasteiger partial charge on any atom is 0.460 e. The van der Waals surface area contributed by atoms with Crippen LogP contribution >= 0.6 is 11.9 Å². The summed E-state index contributed by atoms with van der Waals surface area (Å²) >= 11 is -1.93. The van der Waals surface area contributed by atoms with E-state index in [1.807, 2.05) is 0 Å². The Morgan fingerprint density at radius 3 is 1.00 bits per heavy atom. The third-order valence-corrected chi connectivity index (χ3v) is 2.60. The summed E-state index contributed by atoms with van der Waals surface area (Å²) in [5.41, 5.74) is 0. The van der Waals surface area contributed by atoms with Crippen molar-refractivity contribution in [2.24, 2.45) is 5.14 Å². The molecule has 0 heterocycles. The molecule has 0 atom stereocenters. The van der Waals surface area contributed by atoms with Crippen LogP contribution in [0.25, 0.3) is 0 Å². The Kier molecular flexibility index (Phi) is 4.82. The summed E-state index contributed by atoms with van der Waals surface area (Å²) in [4.78, 5) is 0. The van der Waals surface area contributed by atoms with Gasteiger partial charge in [-0.05, 0) is 11.9 Å². The lowest BCUT2D eigenvalue weighted by Crippen LogP contribution is -2.69. The van der Waals surface area contributed by atoms with Crippen LogP contribution in [0.4, 0.5) is 57.1 Å². The molecule has 0 fully saturated rings. The maximum atomic E-state index is 12.7.